The number of ether oxygens (including phenoxy) is 14. The van der Waals surface area contributed by atoms with Crippen molar-refractivity contribution in [1.29, 1.82) is 0 Å². The summed E-state index contributed by atoms with van der Waals surface area (Å²) in [7, 11) is 0. The summed E-state index contributed by atoms with van der Waals surface area (Å²) in [4.78, 5) is 144. The van der Waals surface area contributed by atoms with E-state index in [1.165, 1.54) is 57.4 Å². The number of amides is 9. The molecule has 0 atom stereocenters. The number of hydrogen-bond acceptors (Lipinski definition) is 23. The van der Waals surface area contributed by atoms with Gasteiger partial charge >= 0.3 is 36.6 Å². The fraction of sp³-hybridized carbons (Fsp3) is 0.720. The van der Waals surface area contributed by atoms with Crippen LogP contribution in [0.1, 0.15) is 135 Å². The quantitative estimate of drug-likeness (QED) is 0.253. The van der Waals surface area contributed by atoms with Crippen LogP contribution in [0.4, 0.5) is 28.8 Å². The van der Waals surface area contributed by atoms with E-state index >= 15 is 14.4 Å². The largest absolute Gasteiger partial charge is 0.491 e. The molecule has 107 heavy (non-hydrogen) atoms. The summed E-state index contributed by atoms with van der Waals surface area (Å²) in [5.41, 5.74) is -5.81. The van der Waals surface area contributed by atoms with Gasteiger partial charge in [-0.3, -0.25) is 14.4 Å². The third-order valence-corrected chi connectivity index (χ3v) is 15.4. The summed E-state index contributed by atoms with van der Waals surface area (Å²) in [5.74, 6) is -0.854. The van der Waals surface area contributed by atoms with Crippen molar-refractivity contribution in [2.24, 2.45) is 0 Å². The summed E-state index contributed by atoms with van der Waals surface area (Å²) in [6, 6.07) is 11.7. The molecule has 32 heteroatoms. The Morgan fingerprint density at radius 3 is 0.776 bits per heavy atom. The van der Waals surface area contributed by atoms with Crippen LogP contribution in [0.2, 0.25) is 0 Å². The molecule has 3 heterocycles. The molecule has 3 aliphatic heterocycles. The molecule has 604 valence electrons. The van der Waals surface area contributed by atoms with Gasteiger partial charge in [-0.2, -0.15) is 0 Å². The Hall–Kier alpha value is -8.49. The molecule has 0 aromatic heterocycles. The molecule has 0 N–H and O–H groups in total. The fourth-order valence-corrected chi connectivity index (χ4v) is 10.3. The van der Waals surface area contributed by atoms with Crippen LogP contribution >= 0.6 is 0 Å². The van der Waals surface area contributed by atoms with Crippen molar-refractivity contribution in [3.05, 3.63) is 48.0 Å². The van der Waals surface area contributed by atoms with Crippen LogP contribution < -0.4 is 18.9 Å². The summed E-state index contributed by atoms with van der Waals surface area (Å²) in [6.07, 6.45) is -4.41. The van der Waals surface area contributed by atoms with E-state index in [1.54, 1.807) is 131 Å². The third-order valence-electron chi connectivity index (χ3n) is 15.4. The predicted octanol–water partition coefficient (Wildman–Crippen LogP) is 8.53. The van der Waals surface area contributed by atoms with Crippen molar-refractivity contribution >= 4 is 54.3 Å². The molecule has 2 aromatic rings. The average molecular weight is 1520 g/mol. The monoisotopic (exact) mass is 1520 g/mol. The first kappa shape index (κ1) is 89.1. The van der Waals surface area contributed by atoms with Gasteiger partial charge in [-0.15, -0.1) is 0 Å². The van der Waals surface area contributed by atoms with E-state index in [9.17, 15) is 28.8 Å². The van der Waals surface area contributed by atoms with Crippen molar-refractivity contribution < 1.29 is 109 Å². The molecule has 0 radical (unpaired) electrons. The first-order chi connectivity index (χ1) is 50.0. The molecule has 4 bridgehead atoms. The lowest BCUT2D eigenvalue weighted by molar-refractivity contribution is -0.135. The molecule has 32 nitrogen and oxygen atoms in total. The third kappa shape index (κ3) is 35.4. The highest BCUT2D eigenvalue weighted by Crippen LogP contribution is 2.28. The van der Waals surface area contributed by atoms with E-state index < -0.39 is 101 Å². The zero-order valence-corrected chi connectivity index (χ0v) is 66.7. The molecule has 2 fully saturated rings. The number of carbonyl (C=O) groups is 9. The molecule has 0 aliphatic carbocycles. The topological polar surface area (TPSA) is 312 Å². The first-order valence-corrected chi connectivity index (χ1v) is 36.8. The minimum absolute atomic E-state index is 0.0167. The normalized spacial score (nSPS) is 17.6. The lowest BCUT2D eigenvalue weighted by Gasteiger charge is -2.37. The van der Waals surface area contributed by atoms with E-state index in [4.69, 9.17) is 66.3 Å². The Bertz CT molecular complexity index is 2970. The van der Waals surface area contributed by atoms with E-state index in [0.717, 1.165) is 4.90 Å². The number of benzene rings is 2. The molecule has 0 saturated carbocycles. The molecule has 0 unspecified atom stereocenters. The van der Waals surface area contributed by atoms with E-state index in [-0.39, 0.29) is 188 Å². The molecular formula is C75H121N9O23. The maximum Gasteiger partial charge on any atom is 0.410 e. The minimum Gasteiger partial charge on any atom is -0.491 e. The van der Waals surface area contributed by atoms with Crippen LogP contribution in [0.15, 0.2) is 42.5 Å². The van der Waals surface area contributed by atoms with Crippen LogP contribution in [-0.2, 0) is 57.0 Å². The van der Waals surface area contributed by atoms with Gasteiger partial charge in [0.25, 0.3) is 5.91 Å². The molecule has 3 aliphatic rings. The fourth-order valence-electron chi connectivity index (χ4n) is 10.3. The maximum absolute atomic E-state index is 15.9. The van der Waals surface area contributed by atoms with Gasteiger partial charge in [0.05, 0.1) is 58.4 Å². The van der Waals surface area contributed by atoms with Crippen LogP contribution in [0.3, 0.4) is 0 Å². The number of hydrogen-bond donors (Lipinski definition) is 0. The Balaban J connectivity index is 1.61. The molecule has 9 amide bonds. The van der Waals surface area contributed by atoms with Crippen LogP contribution in [-0.4, -0.2) is 329 Å². The second-order valence-electron chi connectivity index (χ2n) is 31.7. The van der Waals surface area contributed by atoms with Crippen LogP contribution in [0, 0.1) is 0 Å². The maximum atomic E-state index is 15.9. The van der Waals surface area contributed by atoms with Crippen LogP contribution in [0.5, 0.6) is 23.0 Å². The average Bonchev–Trinajstić information content (AvgIpc) is 0.811. The zero-order valence-electron chi connectivity index (χ0n) is 66.7. The Labute approximate surface area is 631 Å². The Morgan fingerprint density at radius 1 is 0.299 bits per heavy atom. The second-order valence-corrected chi connectivity index (χ2v) is 31.7. The van der Waals surface area contributed by atoms with Crippen LogP contribution in [0.25, 0.3) is 0 Å². The summed E-state index contributed by atoms with van der Waals surface area (Å²) in [6.45, 7) is 28.8. The van der Waals surface area contributed by atoms with Crippen molar-refractivity contribution in [2.75, 3.05) is 197 Å². The minimum atomic E-state index is -0.972. The number of rotatable bonds is 5. The lowest BCUT2D eigenvalue weighted by Crippen LogP contribution is -2.54. The van der Waals surface area contributed by atoms with E-state index in [0.29, 0.717) is 24.7 Å². The van der Waals surface area contributed by atoms with Crippen molar-refractivity contribution in [1.82, 2.24) is 44.1 Å². The highest BCUT2D eigenvalue weighted by molar-refractivity contribution is 6.01. The van der Waals surface area contributed by atoms with Gasteiger partial charge in [-0.25, -0.2) is 28.8 Å². The Morgan fingerprint density at radius 2 is 0.523 bits per heavy atom. The Kier molecular flexibility index (Phi) is 34.8. The summed E-state index contributed by atoms with van der Waals surface area (Å²) in [5, 5.41) is 0. The number of fused-ring (bicyclic) bond motifs is 4. The van der Waals surface area contributed by atoms with Gasteiger partial charge < -0.3 is 110 Å². The molecule has 2 saturated heterocycles. The molecule has 0 spiro atoms. The van der Waals surface area contributed by atoms with Crippen molar-refractivity contribution in [3.8, 4) is 23.0 Å². The van der Waals surface area contributed by atoms with Crippen molar-refractivity contribution in [2.45, 2.75) is 158 Å². The first-order valence-electron chi connectivity index (χ1n) is 36.8. The second kappa shape index (κ2) is 41.7. The standard InChI is InChI=1S/C75H121N9O23/c1-70(2,3)102-64(88)78-28-24-76(25-29-79(65(89)103-71(4,5)6)33-37-82(36-32-78)68(92)106-74(13,14)15)61(85)54-84(55-62(86)77-26-30-80(66(90)104-72(7,8)9)34-38-83(69(93)107-75(16,17)18)39-35-81(31-27-77)67(91)105-73(10,11)12)63(87)59-23-22-58-53-60(59)101-51-47-97-43-42-95-45-49-99-57-21-19-20-56(52-57)98-48-44-94-40-41-96-46-50-100-58/h19-23,52-53H,24-51,54-55H2,1-18H3. The molecule has 5 rings (SSSR count). The van der Waals surface area contributed by atoms with Gasteiger partial charge in [0.1, 0.15) is 96.1 Å². The van der Waals surface area contributed by atoms with Crippen molar-refractivity contribution in [3.63, 3.8) is 0 Å². The SMILES string of the molecule is CC(C)(C)OC(=O)N1CCN(C(=O)CN(CC(=O)N2CCN(C(=O)OC(C)(C)C)CCN(C(=O)OC(C)(C)C)CCN(C(=O)OC(C)(C)C)CC2)C(=O)c2ccc3cc2OCCOCCOCCOc2cccc(c2)OCCOCCOCCO3)CCN(C(=O)OC(C)(C)C)CCN(C(=O)OC(C)(C)C)CC1. The molecular weight excluding hydrogens is 1390 g/mol. The summed E-state index contributed by atoms with van der Waals surface area (Å²) >= 11 is 0. The smallest absolute Gasteiger partial charge is 0.410 e. The van der Waals surface area contributed by atoms with E-state index in [1.807, 2.05) is 18.2 Å². The number of nitrogens with zero attached hydrogens (tertiary/aromatic N) is 9. The van der Waals surface area contributed by atoms with Gasteiger partial charge in [0.15, 0.2) is 0 Å². The highest BCUT2D eigenvalue weighted by atomic mass is 16.6. The van der Waals surface area contributed by atoms with Gasteiger partial charge in [0, 0.05) is 117 Å². The van der Waals surface area contributed by atoms with Gasteiger partial charge in [-0.05, 0) is 149 Å². The predicted molar refractivity (Wildman–Crippen MR) is 394 cm³/mol. The lowest BCUT2D eigenvalue weighted by atomic mass is 10.1. The number of carbonyl (C=O) groups excluding carboxylic acids is 9. The van der Waals surface area contributed by atoms with E-state index in [2.05, 4.69) is 0 Å². The zero-order chi connectivity index (χ0) is 79.3. The summed E-state index contributed by atoms with van der Waals surface area (Å²) < 4.78 is 82.5. The highest BCUT2D eigenvalue weighted by Gasteiger charge is 2.36. The van der Waals surface area contributed by atoms with Gasteiger partial charge in [0.2, 0.25) is 11.8 Å². The van der Waals surface area contributed by atoms with Gasteiger partial charge in [-0.1, -0.05) is 6.07 Å². The molecule has 2 aromatic carbocycles.